The number of ether oxygens (including phenoxy) is 1. The highest BCUT2D eigenvalue weighted by atomic mass is 16.5. The second-order valence-electron chi connectivity index (χ2n) is 11.3. The van der Waals surface area contributed by atoms with Gasteiger partial charge in [0.25, 0.3) is 0 Å². The van der Waals surface area contributed by atoms with Gasteiger partial charge < -0.3 is 9.84 Å². The van der Waals surface area contributed by atoms with E-state index in [4.69, 9.17) is 4.74 Å². The summed E-state index contributed by atoms with van der Waals surface area (Å²) in [5.74, 6) is 2.99. The van der Waals surface area contributed by atoms with Gasteiger partial charge in [-0.3, -0.25) is 4.79 Å². The highest BCUT2D eigenvalue weighted by Crippen LogP contribution is 2.61. The summed E-state index contributed by atoms with van der Waals surface area (Å²) in [6, 6.07) is 6.02. The Hall–Kier alpha value is -1.51. The fourth-order valence-corrected chi connectivity index (χ4v) is 7.90. The molecule has 1 aromatic carbocycles. The van der Waals surface area contributed by atoms with Crippen LogP contribution in [0.1, 0.15) is 107 Å². The van der Waals surface area contributed by atoms with Crippen molar-refractivity contribution in [2.75, 3.05) is 0 Å². The Morgan fingerprint density at radius 1 is 1.03 bits per heavy atom. The lowest BCUT2D eigenvalue weighted by Crippen LogP contribution is -2.45. The van der Waals surface area contributed by atoms with Crippen molar-refractivity contribution in [1.29, 1.82) is 0 Å². The van der Waals surface area contributed by atoms with E-state index in [1.807, 2.05) is 12.1 Å². The number of benzene rings is 1. The second kappa shape index (κ2) is 8.79. The third kappa shape index (κ3) is 4.14. The quantitative estimate of drug-likeness (QED) is 0.536. The van der Waals surface area contributed by atoms with E-state index in [1.54, 1.807) is 0 Å². The number of hydrogen-bond acceptors (Lipinski definition) is 3. The molecule has 1 N–H and O–H groups in total. The fraction of sp³-hybridized carbons (Fsp3) is 0.750. The Kier molecular flexibility index (Phi) is 6.05. The van der Waals surface area contributed by atoms with Crippen LogP contribution in [0, 0.1) is 23.2 Å². The molecule has 0 radical (unpaired) electrons. The van der Waals surface area contributed by atoms with E-state index in [2.05, 4.69) is 13.0 Å². The summed E-state index contributed by atoms with van der Waals surface area (Å²) in [6.07, 6.45) is 16.6. The lowest BCUT2D eigenvalue weighted by atomic mass is 9.55. The van der Waals surface area contributed by atoms with Crippen LogP contribution < -0.4 is 0 Å². The van der Waals surface area contributed by atoms with Crippen LogP contribution >= 0.6 is 0 Å². The van der Waals surface area contributed by atoms with Crippen molar-refractivity contribution in [3.63, 3.8) is 0 Å². The molecular weight excluding hydrogens is 384 g/mol. The minimum atomic E-state index is 0.0732. The minimum absolute atomic E-state index is 0.0732. The number of hydrogen-bond donors (Lipinski definition) is 1. The third-order valence-corrected chi connectivity index (χ3v) is 9.58. The standard InChI is InChI=1S/C28H40O3/c1-28-16-15-23-22-12-10-21(29)18-20(22)9-11-24(23)25(28)13-14-26(28)31-27(30)17-19-7-5-3-2-4-6-8-19/h10,12,18-19,23-26,29H,2-9,11,13-17H2,1H3/t23-,24-,25+,26+,28+/m1/s1. The van der Waals surface area contributed by atoms with E-state index in [1.165, 1.54) is 75.3 Å². The van der Waals surface area contributed by atoms with Gasteiger partial charge >= 0.3 is 5.97 Å². The topological polar surface area (TPSA) is 46.5 Å². The number of phenols is 1. The highest BCUT2D eigenvalue weighted by Gasteiger charge is 2.56. The molecule has 3 heteroatoms. The Bertz CT molecular complexity index is 793. The molecule has 3 saturated carbocycles. The smallest absolute Gasteiger partial charge is 0.306 e. The van der Waals surface area contributed by atoms with E-state index in [0.717, 1.165) is 19.3 Å². The van der Waals surface area contributed by atoms with E-state index >= 15 is 0 Å². The molecule has 1 aromatic rings. The zero-order chi connectivity index (χ0) is 21.4. The van der Waals surface area contributed by atoms with Crippen LogP contribution in [0.3, 0.4) is 0 Å². The maximum Gasteiger partial charge on any atom is 0.306 e. The number of rotatable bonds is 3. The molecule has 0 heterocycles. The summed E-state index contributed by atoms with van der Waals surface area (Å²) >= 11 is 0. The van der Waals surface area contributed by atoms with Crippen LogP contribution in [-0.4, -0.2) is 17.2 Å². The molecule has 5 rings (SSSR count). The van der Waals surface area contributed by atoms with E-state index in [-0.39, 0.29) is 17.5 Å². The number of esters is 1. The van der Waals surface area contributed by atoms with Crippen LogP contribution in [-0.2, 0) is 16.0 Å². The predicted molar refractivity (Wildman–Crippen MR) is 123 cm³/mol. The summed E-state index contributed by atoms with van der Waals surface area (Å²) in [7, 11) is 0. The van der Waals surface area contributed by atoms with Gasteiger partial charge in [0.2, 0.25) is 0 Å². The first kappa shape index (κ1) is 21.3. The lowest BCUT2D eigenvalue weighted by molar-refractivity contribution is -0.158. The molecule has 0 spiro atoms. The number of fused-ring (bicyclic) bond motifs is 5. The van der Waals surface area contributed by atoms with Gasteiger partial charge in [-0.1, -0.05) is 45.1 Å². The van der Waals surface area contributed by atoms with Crippen molar-refractivity contribution in [2.45, 2.75) is 109 Å². The molecule has 0 amide bonds. The van der Waals surface area contributed by atoms with Crippen LogP contribution in [0.25, 0.3) is 0 Å². The first-order chi connectivity index (χ1) is 15.0. The van der Waals surface area contributed by atoms with E-state index < -0.39 is 0 Å². The first-order valence-electron chi connectivity index (χ1n) is 13.1. The third-order valence-electron chi connectivity index (χ3n) is 9.58. The first-order valence-corrected chi connectivity index (χ1v) is 13.1. The van der Waals surface area contributed by atoms with E-state index in [9.17, 15) is 9.90 Å². The number of carbonyl (C=O) groups excluding carboxylic acids is 1. The van der Waals surface area contributed by atoms with Gasteiger partial charge in [-0.2, -0.15) is 0 Å². The monoisotopic (exact) mass is 424 g/mol. The number of phenolic OH excluding ortho intramolecular Hbond substituents is 1. The van der Waals surface area contributed by atoms with Gasteiger partial charge in [0, 0.05) is 11.8 Å². The molecule has 0 bridgehead atoms. The van der Waals surface area contributed by atoms with E-state index in [0.29, 0.717) is 35.8 Å². The highest BCUT2D eigenvalue weighted by molar-refractivity contribution is 5.70. The Morgan fingerprint density at radius 2 is 1.81 bits per heavy atom. The zero-order valence-corrected chi connectivity index (χ0v) is 19.3. The minimum Gasteiger partial charge on any atom is -0.508 e. The van der Waals surface area contributed by atoms with Crippen molar-refractivity contribution in [3.8, 4) is 5.75 Å². The van der Waals surface area contributed by atoms with Crippen LogP contribution in [0.5, 0.6) is 5.75 Å². The number of aryl methyl sites for hydroxylation is 1. The molecule has 0 saturated heterocycles. The lowest BCUT2D eigenvalue weighted by Gasteiger charge is -2.50. The normalized spacial score (nSPS) is 35.9. The number of carbonyl (C=O) groups is 1. The summed E-state index contributed by atoms with van der Waals surface area (Å²) in [4.78, 5) is 12.9. The van der Waals surface area contributed by atoms with Gasteiger partial charge in [-0.15, -0.1) is 0 Å². The molecule has 5 atom stereocenters. The molecule has 0 unspecified atom stereocenters. The Balaban J connectivity index is 1.24. The summed E-state index contributed by atoms with van der Waals surface area (Å²) < 4.78 is 6.25. The van der Waals surface area contributed by atoms with Gasteiger partial charge in [0.15, 0.2) is 0 Å². The summed E-state index contributed by atoms with van der Waals surface area (Å²) in [6.45, 7) is 2.42. The molecule has 4 aliphatic rings. The van der Waals surface area contributed by atoms with Crippen molar-refractivity contribution in [2.24, 2.45) is 23.2 Å². The van der Waals surface area contributed by atoms with Crippen molar-refractivity contribution in [3.05, 3.63) is 29.3 Å². The van der Waals surface area contributed by atoms with Crippen molar-refractivity contribution < 1.29 is 14.6 Å². The average molecular weight is 425 g/mol. The van der Waals surface area contributed by atoms with Gasteiger partial charge in [0.1, 0.15) is 11.9 Å². The molecule has 4 aliphatic carbocycles. The Labute approximate surface area is 188 Å². The predicted octanol–water partition coefficient (Wildman–Crippen LogP) is 6.91. The largest absolute Gasteiger partial charge is 0.508 e. The van der Waals surface area contributed by atoms with Crippen molar-refractivity contribution in [1.82, 2.24) is 0 Å². The molecular formula is C28H40O3. The molecule has 31 heavy (non-hydrogen) atoms. The van der Waals surface area contributed by atoms with Crippen LogP contribution in [0.2, 0.25) is 0 Å². The second-order valence-corrected chi connectivity index (χ2v) is 11.3. The Morgan fingerprint density at radius 3 is 2.61 bits per heavy atom. The van der Waals surface area contributed by atoms with Crippen LogP contribution in [0.15, 0.2) is 18.2 Å². The molecule has 170 valence electrons. The summed E-state index contributed by atoms with van der Waals surface area (Å²) in [5, 5.41) is 9.89. The van der Waals surface area contributed by atoms with Gasteiger partial charge in [-0.05, 0) is 98.3 Å². The molecule has 0 aliphatic heterocycles. The summed E-state index contributed by atoms with van der Waals surface area (Å²) in [5.41, 5.74) is 2.97. The molecule has 0 aromatic heterocycles. The maximum absolute atomic E-state index is 12.9. The average Bonchev–Trinajstić information content (AvgIpc) is 3.05. The number of aromatic hydroxyl groups is 1. The molecule has 3 nitrogen and oxygen atoms in total. The zero-order valence-electron chi connectivity index (χ0n) is 19.3. The molecule has 3 fully saturated rings. The maximum atomic E-state index is 12.9. The SMILES string of the molecule is C[C@]12CC[C@@H]3c4ccc(O)cc4CC[C@H]3[C@@H]1CC[C@@H]2OC(=O)CC1CCCCCCC1. The van der Waals surface area contributed by atoms with Gasteiger partial charge in [-0.25, -0.2) is 0 Å². The van der Waals surface area contributed by atoms with Gasteiger partial charge in [0.05, 0.1) is 0 Å². The van der Waals surface area contributed by atoms with Crippen LogP contribution in [0.4, 0.5) is 0 Å². The van der Waals surface area contributed by atoms with Crippen molar-refractivity contribution >= 4 is 5.97 Å². The fourth-order valence-electron chi connectivity index (χ4n) is 7.90.